The number of hydrogen-bond donors (Lipinski definition) is 2. The Hall–Kier alpha value is -4.21. The lowest BCUT2D eigenvalue weighted by Crippen LogP contribution is -2.20. The van der Waals surface area contributed by atoms with Crippen LogP contribution in [0.5, 0.6) is 11.5 Å². The zero-order chi connectivity index (χ0) is 22.7. The van der Waals surface area contributed by atoms with Crippen LogP contribution in [-0.4, -0.2) is 16.0 Å². The van der Waals surface area contributed by atoms with Gasteiger partial charge in [-0.3, -0.25) is 9.97 Å². The number of halogens is 4. The van der Waals surface area contributed by atoms with E-state index in [9.17, 15) is 22.4 Å². The highest BCUT2D eigenvalue weighted by Crippen LogP contribution is 2.31. The molecule has 0 radical (unpaired) electrons. The second-order valence-electron chi connectivity index (χ2n) is 6.61. The molecule has 162 valence electrons. The van der Waals surface area contributed by atoms with E-state index in [1.807, 2.05) is 0 Å². The van der Waals surface area contributed by atoms with Crippen LogP contribution in [0.15, 0.2) is 73.1 Å². The van der Waals surface area contributed by atoms with E-state index in [1.165, 1.54) is 30.5 Å². The quantitative estimate of drug-likeness (QED) is 0.368. The van der Waals surface area contributed by atoms with Crippen LogP contribution in [0.4, 0.5) is 33.7 Å². The fraction of sp³-hybridized carbons (Fsp3) is 0.0455. The highest BCUT2D eigenvalue weighted by atomic mass is 19.4. The third-order valence-corrected chi connectivity index (χ3v) is 4.31. The van der Waals surface area contributed by atoms with Crippen LogP contribution < -0.4 is 15.4 Å². The predicted molar refractivity (Wildman–Crippen MR) is 110 cm³/mol. The average Bonchev–Trinajstić information content (AvgIpc) is 2.75. The largest absolute Gasteiger partial charge is 0.454 e. The predicted octanol–water partition coefficient (Wildman–Crippen LogP) is 6.22. The van der Waals surface area contributed by atoms with E-state index >= 15 is 0 Å². The lowest BCUT2D eigenvalue weighted by atomic mass is 10.2. The number of nitrogens with one attached hydrogen (secondary N) is 2. The lowest BCUT2D eigenvalue weighted by Gasteiger charge is -2.12. The SMILES string of the molecule is O=C(Nc1cccc(C(F)(F)F)c1)Nc1ccc(Oc2ccc3nccnc3c2)c(F)c1. The lowest BCUT2D eigenvalue weighted by molar-refractivity contribution is -0.137. The molecule has 0 saturated heterocycles. The van der Waals surface area contributed by atoms with E-state index in [4.69, 9.17) is 4.74 Å². The van der Waals surface area contributed by atoms with Crippen molar-refractivity contribution >= 4 is 28.4 Å². The molecule has 4 aromatic rings. The molecule has 32 heavy (non-hydrogen) atoms. The van der Waals surface area contributed by atoms with E-state index in [-0.39, 0.29) is 17.1 Å². The number of ether oxygens (including phenoxy) is 1. The third-order valence-electron chi connectivity index (χ3n) is 4.31. The molecule has 0 fully saturated rings. The Morgan fingerprint density at radius 1 is 0.844 bits per heavy atom. The standard InChI is InChI=1S/C22H14F4N4O2/c23-17-11-15(30-21(31)29-14-3-1-2-13(10-14)22(24,25)26)4-7-20(17)32-16-5-6-18-19(12-16)28-9-8-27-18/h1-12H,(H2,29,30,31). The van der Waals surface area contributed by atoms with Gasteiger partial charge in [-0.15, -0.1) is 0 Å². The molecule has 1 aromatic heterocycles. The van der Waals surface area contributed by atoms with Gasteiger partial charge in [-0.2, -0.15) is 13.2 Å². The average molecular weight is 442 g/mol. The summed E-state index contributed by atoms with van der Waals surface area (Å²) < 4.78 is 58.3. The molecule has 3 aromatic carbocycles. The minimum absolute atomic E-state index is 0.0582. The summed E-state index contributed by atoms with van der Waals surface area (Å²) in [6, 6.07) is 12.0. The molecule has 0 atom stereocenters. The molecule has 0 aliphatic heterocycles. The zero-order valence-corrected chi connectivity index (χ0v) is 16.2. The van der Waals surface area contributed by atoms with Crippen molar-refractivity contribution in [3.05, 3.63) is 84.4 Å². The minimum atomic E-state index is -4.54. The van der Waals surface area contributed by atoms with Gasteiger partial charge in [-0.1, -0.05) is 6.07 Å². The molecule has 1 heterocycles. The highest BCUT2D eigenvalue weighted by molar-refractivity contribution is 5.99. The first-order valence-corrected chi connectivity index (χ1v) is 9.21. The van der Waals surface area contributed by atoms with Gasteiger partial charge in [0.1, 0.15) is 5.75 Å². The smallest absolute Gasteiger partial charge is 0.416 e. The number of rotatable bonds is 4. The summed E-state index contributed by atoms with van der Waals surface area (Å²) in [7, 11) is 0. The number of aromatic nitrogens is 2. The van der Waals surface area contributed by atoms with Crippen molar-refractivity contribution < 1.29 is 27.1 Å². The highest BCUT2D eigenvalue weighted by Gasteiger charge is 2.30. The van der Waals surface area contributed by atoms with Crippen LogP contribution in [0.25, 0.3) is 11.0 Å². The molecule has 6 nitrogen and oxygen atoms in total. The summed E-state index contributed by atoms with van der Waals surface area (Å²) in [5.41, 5.74) is 0.366. The molecule has 4 rings (SSSR count). The number of urea groups is 1. The maximum absolute atomic E-state index is 14.5. The van der Waals surface area contributed by atoms with Gasteiger partial charge in [0.15, 0.2) is 11.6 Å². The second-order valence-corrected chi connectivity index (χ2v) is 6.61. The van der Waals surface area contributed by atoms with E-state index < -0.39 is 23.6 Å². The number of nitrogens with zero attached hydrogens (tertiary/aromatic N) is 2. The molecule has 0 bridgehead atoms. The van der Waals surface area contributed by atoms with Gasteiger partial charge in [0.2, 0.25) is 0 Å². The monoisotopic (exact) mass is 442 g/mol. The zero-order valence-electron chi connectivity index (χ0n) is 16.2. The van der Waals surface area contributed by atoms with Crippen molar-refractivity contribution in [2.45, 2.75) is 6.18 Å². The molecular weight excluding hydrogens is 428 g/mol. The van der Waals surface area contributed by atoms with Crippen molar-refractivity contribution in [1.29, 1.82) is 0 Å². The molecule has 0 saturated carbocycles. The van der Waals surface area contributed by atoms with Crippen LogP contribution in [0.1, 0.15) is 5.56 Å². The number of carbonyl (C=O) groups is 1. The van der Waals surface area contributed by atoms with Crippen LogP contribution in [0.2, 0.25) is 0 Å². The van der Waals surface area contributed by atoms with Crippen molar-refractivity contribution in [2.75, 3.05) is 10.6 Å². The number of amides is 2. The maximum Gasteiger partial charge on any atom is 0.416 e. The Labute approximate surface area is 178 Å². The maximum atomic E-state index is 14.5. The molecule has 0 aliphatic carbocycles. The van der Waals surface area contributed by atoms with Gasteiger partial charge in [0.05, 0.1) is 16.6 Å². The molecule has 2 N–H and O–H groups in total. The second kappa shape index (κ2) is 8.50. The van der Waals surface area contributed by atoms with Crippen molar-refractivity contribution in [2.24, 2.45) is 0 Å². The third kappa shape index (κ3) is 4.91. The first-order chi connectivity index (χ1) is 15.3. The Bertz CT molecular complexity index is 1290. The molecule has 2 amide bonds. The number of carbonyl (C=O) groups excluding carboxylic acids is 1. The summed E-state index contributed by atoms with van der Waals surface area (Å²) in [4.78, 5) is 20.4. The van der Waals surface area contributed by atoms with Gasteiger partial charge in [-0.05, 0) is 42.5 Å². The summed E-state index contributed by atoms with van der Waals surface area (Å²) in [6.45, 7) is 0. The van der Waals surface area contributed by atoms with Crippen molar-refractivity contribution in [1.82, 2.24) is 9.97 Å². The Morgan fingerprint density at radius 3 is 2.28 bits per heavy atom. The van der Waals surface area contributed by atoms with E-state index in [2.05, 4.69) is 20.6 Å². The van der Waals surface area contributed by atoms with Crippen LogP contribution in [0, 0.1) is 5.82 Å². The summed E-state index contributed by atoms with van der Waals surface area (Å²) in [6.07, 6.45) is -1.46. The molecule has 0 unspecified atom stereocenters. The number of hydrogen-bond acceptors (Lipinski definition) is 4. The van der Waals surface area contributed by atoms with Crippen molar-refractivity contribution in [3.63, 3.8) is 0 Å². The van der Waals surface area contributed by atoms with E-state index in [1.54, 1.807) is 24.4 Å². The van der Waals surface area contributed by atoms with Gasteiger partial charge >= 0.3 is 12.2 Å². The summed E-state index contributed by atoms with van der Waals surface area (Å²) in [5, 5.41) is 4.64. The first kappa shape index (κ1) is 21.0. The molecular formula is C22H14F4N4O2. The van der Waals surface area contributed by atoms with E-state index in [0.29, 0.717) is 16.8 Å². The van der Waals surface area contributed by atoms with Gasteiger partial charge in [-0.25, -0.2) is 9.18 Å². The summed E-state index contributed by atoms with van der Waals surface area (Å²) >= 11 is 0. The minimum Gasteiger partial charge on any atom is -0.454 e. The molecule has 0 aliphatic rings. The Balaban J connectivity index is 1.43. The number of fused-ring (bicyclic) bond motifs is 1. The van der Waals surface area contributed by atoms with Gasteiger partial charge in [0.25, 0.3) is 0 Å². The topological polar surface area (TPSA) is 76.1 Å². The fourth-order valence-corrected chi connectivity index (χ4v) is 2.86. The Morgan fingerprint density at radius 2 is 1.56 bits per heavy atom. The summed E-state index contributed by atoms with van der Waals surface area (Å²) in [5.74, 6) is -0.488. The van der Waals surface area contributed by atoms with Gasteiger partial charge in [0, 0.05) is 35.9 Å². The van der Waals surface area contributed by atoms with Crippen molar-refractivity contribution in [3.8, 4) is 11.5 Å². The first-order valence-electron chi connectivity index (χ1n) is 9.21. The van der Waals surface area contributed by atoms with Gasteiger partial charge < -0.3 is 15.4 Å². The number of anilines is 2. The molecule has 10 heteroatoms. The van der Waals surface area contributed by atoms with Crippen LogP contribution >= 0.6 is 0 Å². The number of benzene rings is 3. The normalized spacial score (nSPS) is 11.2. The van der Waals surface area contributed by atoms with E-state index in [0.717, 1.165) is 18.2 Å². The molecule has 0 spiro atoms. The fourth-order valence-electron chi connectivity index (χ4n) is 2.86. The Kier molecular flexibility index (Phi) is 5.59. The number of alkyl halides is 3. The van der Waals surface area contributed by atoms with Crippen LogP contribution in [0.3, 0.4) is 0 Å². The van der Waals surface area contributed by atoms with Crippen LogP contribution in [-0.2, 0) is 6.18 Å².